The van der Waals surface area contributed by atoms with Crippen LogP contribution >= 0.6 is 0 Å². The summed E-state index contributed by atoms with van der Waals surface area (Å²) in [5.41, 5.74) is -0.286. The fraction of sp³-hybridized carbons (Fsp3) is 0.333. The molecule has 8 heteroatoms. The fourth-order valence-electron chi connectivity index (χ4n) is 3.25. The van der Waals surface area contributed by atoms with Crippen molar-refractivity contribution in [3.8, 4) is 0 Å². The quantitative estimate of drug-likeness (QED) is 0.843. The highest BCUT2D eigenvalue weighted by Gasteiger charge is 2.27. The molecule has 1 aromatic carbocycles. The highest BCUT2D eigenvalue weighted by Crippen LogP contribution is 2.28. The zero-order valence-corrected chi connectivity index (χ0v) is 14.3. The van der Waals surface area contributed by atoms with E-state index in [9.17, 15) is 19.2 Å². The Labute approximate surface area is 148 Å². The smallest absolute Gasteiger partial charge is 0.335 e. The van der Waals surface area contributed by atoms with Gasteiger partial charge in [-0.1, -0.05) is 12.1 Å². The number of aromatic nitrogens is 2. The monoisotopic (exact) mass is 357 g/mol. The van der Waals surface area contributed by atoms with E-state index in [0.717, 1.165) is 23.0 Å². The maximum absolute atomic E-state index is 12.7. The topological polar surface area (TPSA) is 112 Å². The van der Waals surface area contributed by atoms with E-state index < -0.39 is 23.1 Å². The molecule has 1 saturated heterocycles. The average molecular weight is 357 g/mol. The van der Waals surface area contributed by atoms with Crippen molar-refractivity contribution >= 4 is 11.9 Å². The molecule has 1 aromatic heterocycles. The molecule has 3 rings (SSSR count). The van der Waals surface area contributed by atoms with Crippen LogP contribution in [-0.2, 0) is 7.05 Å². The van der Waals surface area contributed by atoms with Crippen molar-refractivity contribution in [2.45, 2.75) is 18.8 Å². The zero-order chi connectivity index (χ0) is 18.8. The Bertz CT molecular complexity index is 975. The van der Waals surface area contributed by atoms with Crippen LogP contribution in [0.4, 0.5) is 0 Å². The summed E-state index contributed by atoms with van der Waals surface area (Å²) in [6, 6.07) is 6.70. The number of aromatic amines is 1. The van der Waals surface area contributed by atoms with Crippen LogP contribution in [0.5, 0.6) is 0 Å². The van der Waals surface area contributed by atoms with Crippen LogP contribution in [0.2, 0.25) is 0 Å². The number of rotatable bonds is 3. The molecule has 0 radical (unpaired) electrons. The molecule has 2 N–H and O–H groups in total. The number of H-pyrrole nitrogens is 1. The van der Waals surface area contributed by atoms with Crippen molar-refractivity contribution in [1.29, 1.82) is 0 Å². The number of aromatic carboxylic acids is 1. The Morgan fingerprint density at radius 2 is 2.04 bits per heavy atom. The van der Waals surface area contributed by atoms with Gasteiger partial charge in [0.05, 0.1) is 5.56 Å². The molecule has 2 aromatic rings. The molecule has 8 nitrogen and oxygen atoms in total. The van der Waals surface area contributed by atoms with Crippen molar-refractivity contribution in [2.24, 2.45) is 7.05 Å². The van der Waals surface area contributed by atoms with Crippen LogP contribution in [0, 0.1) is 0 Å². The second-order valence-electron chi connectivity index (χ2n) is 6.43. The SMILES string of the molecule is Cn1cc(C(=O)N2CCC[C@@H](c3cccc(C(=O)O)c3)C2)c(=O)[nH]c1=O. The van der Waals surface area contributed by atoms with Crippen LogP contribution < -0.4 is 11.2 Å². The standard InChI is InChI=1S/C18H19N3O5/c1-20-10-14(15(22)19-18(20)26)16(23)21-7-3-6-13(9-21)11-4-2-5-12(8-11)17(24)25/h2,4-5,8,10,13H,3,6-7,9H2,1H3,(H,24,25)(H,19,22,26)/t13-/m1/s1. The third-order valence-corrected chi connectivity index (χ3v) is 4.65. The summed E-state index contributed by atoms with van der Waals surface area (Å²) in [7, 11) is 1.46. The first-order valence-electron chi connectivity index (χ1n) is 8.29. The van der Waals surface area contributed by atoms with E-state index in [1.54, 1.807) is 17.0 Å². The van der Waals surface area contributed by atoms with Gasteiger partial charge in [-0.15, -0.1) is 0 Å². The number of carboxylic acids is 1. The Morgan fingerprint density at radius 1 is 1.27 bits per heavy atom. The van der Waals surface area contributed by atoms with Crippen molar-refractivity contribution < 1.29 is 14.7 Å². The van der Waals surface area contributed by atoms with Crippen LogP contribution in [0.3, 0.4) is 0 Å². The summed E-state index contributed by atoms with van der Waals surface area (Å²) in [4.78, 5) is 51.0. The highest BCUT2D eigenvalue weighted by molar-refractivity contribution is 5.93. The Hall–Kier alpha value is -3.16. The Kier molecular flexibility index (Phi) is 4.75. The zero-order valence-electron chi connectivity index (χ0n) is 14.3. The van der Waals surface area contributed by atoms with E-state index in [1.807, 2.05) is 6.07 Å². The van der Waals surface area contributed by atoms with Crippen molar-refractivity contribution in [3.05, 3.63) is 68.0 Å². The second-order valence-corrected chi connectivity index (χ2v) is 6.43. The van der Waals surface area contributed by atoms with Gasteiger partial charge < -0.3 is 14.6 Å². The van der Waals surface area contributed by atoms with E-state index in [-0.39, 0.29) is 17.0 Å². The minimum atomic E-state index is -0.993. The minimum Gasteiger partial charge on any atom is -0.478 e. The van der Waals surface area contributed by atoms with Crippen molar-refractivity contribution in [2.75, 3.05) is 13.1 Å². The molecule has 26 heavy (non-hydrogen) atoms. The number of amides is 1. The minimum absolute atomic E-state index is 0.00128. The number of benzene rings is 1. The van der Waals surface area contributed by atoms with Gasteiger partial charge in [-0.25, -0.2) is 9.59 Å². The van der Waals surface area contributed by atoms with Gasteiger partial charge in [0.25, 0.3) is 11.5 Å². The van der Waals surface area contributed by atoms with Gasteiger partial charge in [-0.3, -0.25) is 14.6 Å². The van der Waals surface area contributed by atoms with E-state index in [0.29, 0.717) is 13.1 Å². The number of carboxylic acid groups (broad SMARTS) is 1. The first kappa shape index (κ1) is 17.7. The molecular weight excluding hydrogens is 338 g/mol. The molecule has 1 aliphatic rings. The molecule has 136 valence electrons. The maximum atomic E-state index is 12.7. The number of hydrogen-bond donors (Lipinski definition) is 2. The van der Waals surface area contributed by atoms with Gasteiger partial charge in [0.15, 0.2) is 0 Å². The summed E-state index contributed by atoms with van der Waals surface area (Å²) < 4.78 is 1.16. The largest absolute Gasteiger partial charge is 0.478 e. The normalized spacial score (nSPS) is 17.1. The van der Waals surface area contributed by atoms with Gasteiger partial charge in [-0.05, 0) is 30.5 Å². The third kappa shape index (κ3) is 3.44. The Balaban J connectivity index is 1.85. The second kappa shape index (κ2) is 6.99. The van der Waals surface area contributed by atoms with Gasteiger partial charge in [0.1, 0.15) is 5.56 Å². The lowest BCUT2D eigenvalue weighted by atomic mass is 9.89. The number of carbonyl (C=O) groups excluding carboxylic acids is 1. The summed E-state index contributed by atoms with van der Waals surface area (Å²) in [6.45, 7) is 0.903. The summed E-state index contributed by atoms with van der Waals surface area (Å²) in [5.74, 6) is -1.42. The van der Waals surface area contributed by atoms with Gasteiger partial charge in [-0.2, -0.15) is 0 Å². The molecule has 0 unspecified atom stereocenters. The molecular formula is C18H19N3O5. The number of aryl methyl sites for hydroxylation is 1. The molecule has 0 bridgehead atoms. The van der Waals surface area contributed by atoms with Crippen LogP contribution in [0.25, 0.3) is 0 Å². The van der Waals surface area contributed by atoms with E-state index in [4.69, 9.17) is 5.11 Å². The lowest BCUT2D eigenvalue weighted by Gasteiger charge is -2.33. The predicted molar refractivity (Wildman–Crippen MR) is 93.6 cm³/mol. The Morgan fingerprint density at radius 3 is 2.77 bits per heavy atom. The average Bonchev–Trinajstić information content (AvgIpc) is 2.64. The van der Waals surface area contributed by atoms with Crippen LogP contribution in [-0.4, -0.2) is 44.5 Å². The molecule has 1 aliphatic heterocycles. The summed E-state index contributed by atoms with van der Waals surface area (Å²) in [5, 5.41) is 9.14. The van der Waals surface area contributed by atoms with Crippen LogP contribution in [0.15, 0.2) is 40.1 Å². The predicted octanol–water partition coefficient (Wildman–Crippen LogP) is 0.792. The van der Waals surface area contributed by atoms with E-state index >= 15 is 0 Å². The molecule has 0 spiro atoms. The molecule has 0 saturated carbocycles. The van der Waals surface area contributed by atoms with E-state index in [1.165, 1.54) is 19.3 Å². The first-order valence-corrected chi connectivity index (χ1v) is 8.29. The summed E-state index contributed by atoms with van der Waals surface area (Å²) >= 11 is 0. The molecule has 2 heterocycles. The van der Waals surface area contributed by atoms with Crippen molar-refractivity contribution in [1.82, 2.24) is 14.5 Å². The fourth-order valence-corrected chi connectivity index (χ4v) is 3.25. The van der Waals surface area contributed by atoms with Gasteiger partial charge in [0, 0.05) is 32.3 Å². The van der Waals surface area contributed by atoms with Gasteiger partial charge >= 0.3 is 11.7 Å². The molecule has 1 atom stereocenters. The lowest BCUT2D eigenvalue weighted by Crippen LogP contribution is -2.43. The lowest BCUT2D eigenvalue weighted by molar-refractivity contribution is 0.0686. The summed E-state index contributed by atoms with van der Waals surface area (Å²) in [6.07, 6.45) is 2.83. The first-order chi connectivity index (χ1) is 12.4. The highest BCUT2D eigenvalue weighted by atomic mass is 16.4. The molecule has 0 aliphatic carbocycles. The number of likely N-dealkylation sites (tertiary alicyclic amines) is 1. The number of piperidine rings is 1. The number of nitrogens with one attached hydrogen (secondary N) is 1. The number of hydrogen-bond acceptors (Lipinski definition) is 4. The number of nitrogens with zero attached hydrogens (tertiary/aromatic N) is 2. The van der Waals surface area contributed by atoms with Crippen molar-refractivity contribution in [3.63, 3.8) is 0 Å². The maximum Gasteiger partial charge on any atom is 0.335 e. The third-order valence-electron chi connectivity index (χ3n) is 4.65. The molecule has 1 amide bonds. The van der Waals surface area contributed by atoms with Crippen LogP contribution in [0.1, 0.15) is 45.0 Å². The number of carbonyl (C=O) groups is 2. The van der Waals surface area contributed by atoms with E-state index in [2.05, 4.69) is 4.98 Å². The van der Waals surface area contributed by atoms with Gasteiger partial charge in [0.2, 0.25) is 0 Å². The molecule has 1 fully saturated rings.